The second kappa shape index (κ2) is 12.6. The average molecular weight is 531 g/mol. The molecule has 1 heterocycles. The maximum absolute atomic E-state index is 12.2. The Bertz CT molecular complexity index is 1230. The van der Waals surface area contributed by atoms with Crippen molar-refractivity contribution in [1.29, 1.82) is 0 Å². The fourth-order valence-corrected chi connectivity index (χ4v) is 3.33. The van der Waals surface area contributed by atoms with Gasteiger partial charge in [0.15, 0.2) is 0 Å². The van der Waals surface area contributed by atoms with E-state index >= 15 is 0 Å². The van der Waals surface area contributed by atoms with Crippen molar-refractivity contribution in [2.75, 3.05) is 18.6 Å². The first kappa shape index (κ1) is 29.0. The highest BCUT2D eigenvalue weighted by molar-refractivity contribution is 6.35. The molecule has 2 rings (SSSR count). The van der Waals surface area contributed by atoms with Gasteiger partial charge in [-0.1, -0.05) is 50.0 Å². The molecule has 192 valence electrons. The number of aromatic nitrogens is 2. The van der Waals surface area contributed by atoms with Gasteiger partial charge in [-0.15, -0.1) is 0 Å². The molecule has 0 radical (unpaired) electrons. The Kier molecular flexibility index (Phi) is 10.2. The number of allylic oxidation sites excluding steroid dienone is 2. The number of carbonyl (C=O) groups is 1. The maximum atomic E-state index is 12.2. The van der Waals surface area contributed by atoms with Gasteiger partial charge >= 0.3 is 0 Å². The lowest BCUT2D eigenvalue weighted by Crippen LogP contribution is -2.27. The molecule has 1 aromatic heterocycles. The van der Waals surface area contributed by atoms with E-state index in [0.717, 1.165) is 16.8 Å². The third-order valence-electron chi connectivity index (χ3n) is 4.95. The van der Waals surface area contributed by atoms with Crippen LogP contribution in [0.5, 0.6) is 0 Å². The van der Waals surface area contributed by atoms with Crippen LogP contribution in [0.1, 0.15) is 46.0 Å². The predicted octanol–water partition coefficient (Wildman–Crippen LogP) is 5.77. The van der Waals surface area contributed by atoms with Crippen LogP contribution in [0.2, 0.25) is 5.02 Å². The summed E-state index contributed by atoms with van der Waals surface area (Å²) in [6.45, 7) is 11.4. The second-order valence-corrected chi connectivity index (χ2v) is 10.0. The highest BCUT2D eigenvalue weighted by atomic mass is 35.5. The number of halogens is 2. The fraction of sp³-hybridized carbons (Fsp3) is 0.346. The van der Waals surface area contributed by atoms with E-state index in [1.165, 1.54) is 4.90 Å². The summed E-state index contributed by atoms with van der Waals surface area (Å²) in [4.78, 5) is 31.0. The number of nitrogens with two attached hydrogens (primary N) is 1. The highest BCUT2D eigenvalue weighted by Gasteiger charge is 2.21. The fourth-order valence-electron chi connectivity index (χ4n) is 3.03. The molecule has 0 spiro atoms. The number of nitrogens with zero attached hydrogens (tertiary/aromatic N) is 5. The van der Waals surface area contributed by atoms with Crippen molar-refractivity contribution < 1.29 is 9.53 Å². The Labute approximate surface area is 222 Å². The summed E-state index contributed by atoms with van der Waals surface area (Å²) in [5, 5.41) is 0.659. The van der Waals surface area contributed by atoms with Crippen LogP contribution in [0.4, 0.5) is 5.69 Å². The van der Waals surface area contributed by atoms with Gasteiger partial charge in [-0.3, -0.25) is 14.7 Å². The van der Waals surface area contributed by atoms with Crippen LogP contribution >= 0.6 is 23.2 Å². The third kappa shape index (κ3) is 7.63. The van der Waals surface area contributed by atoms with Gasteiger partial charge in [0.25, 0.3) is 0 Å². The Morgan fingerprint density at radius 3 is 2.56 bits per heavy atom. The molecule has 2 N–H and O–H groups in total. The van der Waals surface area contributed by atoms with Gasteiger partial charge in [0, 0.05) is 36.1 Å². The third-order valence-corrected chi connectivity index (χ3v) is 5.43. The molecule has 0 atom stereocenters. The first-order valence-corrected chi connectivity index (χ1v) is 11.9. The molecule has 8 nitrogen and oxygen atoms in total. The van der Waals surface area contributed by atoms with Crippen LogP contribution in [-0.2, 0) is 14.9 Å². The Balaban J connectivity index is 2.47. The van der Waals surface area contributed by atoms with E-state index in [1.54, 1.807) is 51.5 Å². The number of rotatable bonds is 8. The number of hydrogen-bond acceptors (Lipinski definition) is 7. The molecule has 2 aromatic rings. The normalized spacial score (nSPS) is 13.6. The largest absolute Gasteiger partial charge is 0.470 e. The van der Waals surface area contributed by atoms with Crippen molar-refractivity contribution in [3.63, 3.8) is 0 Å². The van der Waals surface area contributed by atoms with E-state index in [0.29, 0.717) is 39.5 Å². The van der Waals surface area contributed by atoms with Gasteiger partial charge < -0.3 is 10.5 Å². The zero-order valence-corrected chi connectivity index (χ0v) is 23.1. The van der Waals surface area contributed by atoms with Crippen LogP contribution in [0, 0.1) is 6.92 Å². The number of aliphatic imine (C=N–C) groups is 2. The molecule has 0 fully saturated rings. The zero-order chi connectivity index (χ0) is 27.0. The first-order valence-electron chi connectivity index (χ1n) is 11.2. The average Bonchev–Trinajstić information content (AvgIpc) is 2.81. The molecular weight excluding hydrogens is 499 g/mol. The molecule has 0 saturated carbocycles. The number of aryl methyl sites for hydroxylation is 1. The zero-order valence-electron chi connectivity index (χ0n) is 21.6. The van der Waals surface area contributed by atoms with Crippen molar-refractivity contribution >= 4 is 47.3 Å². The maximum Gasteiger partial charge on any atom is 0.230 e. The van der Waals surface area contributed by atoms with E-state index in [-0.39, 0.29) is 17.9 Å². The van der Waals surface area contributed by atoms with Gasteiger partial charge in [-0.2, -0.15) is 4.99 Å². The van der Waals surface area contributed by atoms with Crippen LogP contribution < -0.4 is 10.6 Å². The molecule has 1 aromatic carbocycles. The van der Waals surface area contributed by atoms with E-state index in [9.17, 15) is 4.79 Å². The number of ether oxygens (including phenoxy) is 1. The summed E-state index contributed by atoms with van der Waals surface area (Å²) in [6, 6.07) is 5.37. The molecule has 0 saturated heterocycles. The topological polar surface area (TPSA) is 106 Å². The minimum atomic E-state index is -0.222. The molecule has 1 amide bonds. The summed E-state index contributed by atoms with van der Waals surface area (Å²) in [6.07, 6.45) is 5.59. The number of amidine groups is 1. The Morgan fingerprint density at radius 2 is 1.97 bits per heavy atom. The van der Waals surface area contributed by atoms with Crippen LogP contribution in [0.3, 0.4) is 0 Å². The van der Waals surface area contributed by atoms with Crippen molar-refractivity contribution in [3.05, 3.63) is 63.5 Å². The Morgan fingerprint density at radius 1 is 1.28 bits per heavy atom. The molecule has 0 unspecified atom stereocenters. The summed E-state index contributed by atoms with van der Waals surface area (Å²) < 4.78 is 5.66. The van der Waals surface area contributed by atoms with Crippen molar-refractivity contribution in [2.45, 2.75) is 47.0 Å². The van der Waals surface area contributed by atoms with Crippen LogP contribution in [-0.4, -0.2) is 42.1 Å². The smallest absolute Gasteiger partial charge is 0.230 e. The molecule has 10 heteroatoms. The van der Waals surface area contributed by atoms with Crippen molar-refractivity contribution in [2.24, 2.45) is 15.7 Å². The minimum absolute atomic E-state index is 0.0443. The van der Waals surface area contributed by atoms with Gasteiger partial charge in [-0.25, -0.2) is 9.97 Å². The summed E-state index contributed by atoms with van der Waals surface area (Å²) in [7, 11) is 1.64. The van der Waals surface area contributed by atoms with Crippen molar-refractivity contribution in [1.82, 2.24) is 9.97 Å². The number of amides is 1. The number of anilines is 1. The highest BCUT2D eigenvalue weighted by Crippen LogP contribution is 2.33. The van der Waals surface area contributed by atoms with Gasteiger partial charge in [0.2, 0.25) is 12.3 Å². The van der Waals surface area contributed by atoms with E-state index < -0.39 is 0 Å². The second-order valence-electron chi connectivity index (χ2n) is 9.05. The van der Waals surface area contributed by atoms with E-state index in [1.807, 2.05) is 13.0 Å². The first-order chi connectivity index (χ1) is 16.9. The van der Waals surface area contributed by atoms with Crippen LogP contribution in [0.25, 0.3) is 11.3 Å². The molecular formula is C26H32Cl2N6O2. The number of benzene rings is 1. The molecule has 36 heavy (non-hydrogen) atoms. The monoisotopic (exact) mass is 530 g/mol. The summed E-state index contributed by atoms with van der Waals surface area (Å²) in [5.74, 6) is 1.14. The summed E-state index contributed by atoms with van der Waals surface area (Å²) in [5.41, 5.74) is 8.98. The number of hydrogen-bond donors (Lipinski definition) is 1. The quantitative estimate of drug-likeness (QED) is 0.201. The molecule has 0 bridgehead atoms. The SMILES string of the molecule is CN=C/C=C(\N)COC(/N=C(/C)N(C=O)c1cc(-c2nc(C(C)(C)C)ncc2C)ccc1Cl)=C(/C)Cl. The molecule has 0 aliphatic rings. The predicted molar refractivity (Wildman–Crippen MR) is 149 cm³/mol. The lowest BCUT2D eigenvalue weighted by Gasteiger charge is -2.21. The minimum Gasteiger partial charge on any atom is -0.470 e. The summed E-state index contributed by atoms with van der Waals surface area (Å²) >= 11 is 12.7. The lowest BCUT2D eigenvalue weighted by atomic mass is 9.95. The van der Waals surface area contributed by atoms with Crippen molar-refractivity contribution in [3.8, 4) is 11.3 Å². The standard InChI is InChI=1S/C26H32Cl2N6O2/c1-16-13-31-25(26(4,5)6)33-23(16)19-8-9-21(28)22(12-19)34(15-35)18(3)32-24(17(2)27)36-14-20(29)10-11-30-7/h8-13,15H,14,29H2,1-7H3/b20-10-,24-17-,30-11?,32-18-. The number of carbonyl (C=O) groups excluding carboxylic acids is 1. The Hall–Kier alpha value is -3.23. The lowest BCUT2D eigenvalue weighted by molar-refractivity contribution is -0.106. The van der Waals surface area contributed by atoms with Crippen LogP contribution in [0.15, 0.2) is 57.1 Å². The van der Waals surface area contributed by atoms with E-state index in [4.69, 9.17) is 38.7 Å². The molecule has 0 aliphatic carbocycles. The van der Waals surface area contributed by atoms with E-state index in [2.05, 4.69) is 35.7 Å². The van der Waals surface area contributed by atoms with Gasteiger partial charge in [0.05, 0.1) is 21.4 Å². The van der Waals surface area contributed by atoms with Gasteiger partial charge in [-0.05, 0) is 44.5 Å². The van der Waals surface area contributed by atoms with Gasteiger partial charge in [0.1, 0.15) is 18.3 Å². The molecule has 0 aliphatic heterocycles.